The van der Waals surface area contributed by atoms with E-state index in [2.05, 4.69) is 9.97 Å². The third-order valence-corrected chi connectivity index (χ3v) is 2.26. The predicted molar refractivity (Wildman–Crippen MR) is 59.2 cm³/mol. The lowest BCUT2D eigenvalue weighted by molar-refractivity contribution is 0.0697. The molecule has 0 saturated heterocycles. The molecule has 80 valence electrons. The second-order valence-corrected chi connectivity index (χ2v) is 3.45. The molecule has 2 rings (SSSR count). The molecule has 1 aromatic heterocycles. The average Bonchev–Trinajstić information content (AvgIpc) is 2.30. The van der Waals surface area contributed by atoms with Crippen LogP contribution in [0.2, 0.25) is 0 Å². The Kier molecular flexibility index (Phi) is 2.64. The van der Waals surface area contributed by atoms with Gasteiger partial charge in [0.2, 0.25) is 0 Å². The number of hydrogen-bond donors (Lipinski definition) is 1. The first kappa shape index (κ1) is 10.3. The van der Waals surface area contributed by atoms with Gasteiger partial charge in [0.15, 0.2) is 0 Å². The van der Waals surface area contributed by atoms with Crippen LogP contribution in [0.25, 0.3) is 11.3 Å². The van der Waals surface area contributed by atoms with Gasteiger partial charge in [-0.15, -0.1) is 0 Å². The number of aromatic nitrogens is 2. The SMILES string of the molecule is Cc1ccc(-c2ccncn2)c(C(=O)O)c1. The van der Waals surface area contributed by atoms with Gasteiger partial charge in [-0.05, 0) is 19.1 Å². The largest absolute Gasteiger partial charge is 0.478 e. The monoisotopic (exact) mass is 214 g/mol. The van der Waals surface area contributed by atoms with Crippen molar-refractivity contribution in [3.63, 3.8) is 0 Å². The van der Waals surface area contributed by atoms with E-state index < -0.39 is 5.97 Å². The van der Waals surface area contributed by atoms with Crippen LogP contribution in [0.15, 0.2) is 36.8 Å². The molecule has 0 bridgehead atoms. The highest BCUT2D eigenvalue weighted by atomic mass is 16.4. The number of rotatable bonds is 2. The number of carboxylic acids is 1. The summed E-state index contributed by atoms with van der Waals surface area (Å²) in [6.45, 7) is 1.86. The lowest BCUT2D eigenvalue weighted by Crippen LogP contribution is -2.01. The van der Waals surface area contributed by atoms with E-state index in [0.717, 1.165) is 5.56 Å². The van der Waals surface area contributed by atoms with E-state index in [0.29, 0.717) is 11.3 Å². The van der Waals surface area contributed by atoms with Crippen molar-refractivity contribution in [2.24, 2.45) is 0 Å². The molecule has 0 unspecified atom stereocenters. The second-order valence-electron chi connectivity index (χ2n) is 3.45. The number of aromatic carboxylic acids is 1. The molecule has 0 aliphatic heterocycles. The molecule has 4 nitrogen and oxygen atoms in total. The first-order valence-electron chi connectivity index (χ1n) is 4.79. The van der Waals surface area contributed by atoms with Crippen molar-refractivity contribution in [3.8, 4) is 11.3 Å². The van der Waals surface area contributed by atoms with Crippen LogP contribution in [0.4, 0.5) is 0 Å². The Labute approximate surface area is 92.6 Å². The van der Waals surface area contributed by atoms with E-state index in [-0.39, 0.29) is 5.56 Å². The third kappa shape index (κ3) is 1.91. The summed E-state index contributed by atoms with van der Waals surface area (Å²) in [5, 5.41) is 9.11. The Bertz CT molecular complexity index is 524. The molecule has 1 aromatic carbocycles. The summed E-state index contributed by atoms with van der Waals surface area (Å²) in [6, 6.07) is 6.96. The van der Waals surface area contributed by atoms with E-state index in [1.54, 1.807) is 24.4 Å². The zero-order valence-electron chi connectivity index (χ0n) is 8.71. The minimum Gasteiger partial charge on any atom is -0.478 e. The highest BCUT2D eigenvalue weighted by Crippen LogP contribution is 2.22. The molecule has 0 radical (unpaired) electrons. The van der Waals surface area contributed by atoms with Gasteiger partial charge >= 0.3 is 5.97 Å². The highest BCUT2D eigenvalue weighted by molar-refractivity contribution is 5.95. The first-order chi connectivity index (χ1) is 7.68. The molecule has 0 saturated carbocycles. The van der Waals surface area contributed by atoms with Crippen LogP contribution in [0.5, 0.6) is 0 Å². The predicted octanol–water partition coefficient (Wildman–Crippen LogP) is 2.15. The van der Waals surface area contributed by atoms with Crippen molar-refractivity contribution in [1.29, 1.82) is 0 Å². The molecule has 0 aliphatic rings. The molecule has 0 atom stereocenters. The topological polar surface area (TPSA) is 63.1 Å². The fraction of sp³-hybridized carbons (Fsp3) is 0.0833. The Morgan fingerprint density at radius 2 is 2.12 bits per heavy atom. The summed E-state index contributed by atoms with van der Waals surface area (Å²) in [7, 11) is 0. The van der Waals surface area contributed by atoms with Crippen molar-refractivity contribution in [2.45, 2.75) is 6.92 Å². The Morgan fingerprint density at radius 3 is 2.75 bits per heavy atom. The van der Waals surface area contributed by atoms with Crippen molar-refractivity contribution < 1.29 is 9.90 Å². The van der Waals surface area contributed by atoms with Crippen LogP contribution in [-0.2, 0) is 0 Å². The molecule has 1 N–H and O–H groups in total. The Hall–Kier alpha value is -2.23. The van der Waals surface area contributed by atoms with E-state index >= 15 is 0 Å². The lowest BCUT2D eigenvalue weighted by atomic mass is 10.0. The molecular formula is C12H10N2O2. The number of nitrogens with zero attached hydrogens (tertiary/aromatic N) is 2. The van der Waals surface area contributed by atoms with Crippen LogP contribution in [0, 0.1) is 6.92 Å². The van der Waals surface area contributed by atoms with Crippen LogP contribution in [-0.4, -0.2) is 21.0 Å². The quantitative estimate of drug-likeness (QED) is 0.831. The zero-order valence-corrected chi connectivity index (χ0v) is 8.71. The van der Waals surface area contributed by atoms with Crippen LogP contribution < -0.4 is 0 Å². The molecule has 0 fully saturated rings. The maximum absolute atomic E-state index is 11.1. The van der Waals surface area contributed by atoms with Crippen LogP contribution in [0.1, 0.15) is 15.9 Å². The van der Waals surface area contributed by atoms with Gasteiger partial charge in [-0.1, -0.05) is 17.7 Å². The van der Waals surface area contributed by atoms with Crippen molar-refractivity contribution >= 4 is 5.97 Å². The van der Waals surface area contributed by atoms with E-state index in [1.807, 2.05) is 13.0 Å². The molecule has 4 heteroatoms. The first-order valence-corrected chi connectivity index (χ1v) is 4.79. The summed E-state index contributed by atoms with van der Waals surface area (Å²) >= 11 is 0. The summed E-state index contributed by atoms with van der Waals surface area (Å²) in [5.74, 6) is -0.947. The highest BCUT2D eigenvalue weighted by Gasteiger charge is 2.12. The van der Waals surface area contributed by atoms with Gasteiger partial charge < -0.3 is 5.11 Å². The number of hydrogen-bond acceptors (Lipinski definition) is 3. The van der Waals surface area contributed by atoms with Crippen molar-refractivity contribution in [2.75, 3.05) is 0 Å². The zero-order chi connectivity index (χ0) is 11.5. The average molecular weight is 214 g/mol. The van der Waals surface area contributed by atoms with Gasteiger partial charge in [0.25, 0.3) is 0 Å². The third-order valence-electron chi connectivity index (χ3n) is 2.26. The number of carbonyl (C=O) groups is 1. The molecule has 1 heterocycles. The van der Waals surface area contributed by atoms with Crippen molar-refractivity contribution in [1.82, 2.24) is 9.97 Å². The summed E-state index contributed by atoms with van der Waals surface area (Å²) in [6.07, 6.45) is 2.99. The van der Waals surface area contributed by atoms with E-state index in [1.165, 1.54) is 6.33 Å². The molecule has 0 amide bonds. The van der Waals surface area contributed by atoms with Gasteiger partial charge in [-0.25, -0.2) is 14.8 Å². The maximum Gasteiger partial charge on any atom is 0.336 e. The molecule has 2 aromatic rings. The Morgan fingerprint density at radius 1 is 1.31 bits per heavy atom. The van der Waals surface area contributed by atoms with Crippen LogP contribution in [0.3, 0.4) is 0 Å². The van der Waals surface area contributed by atoms with E-state index in [9.17, 15) is 4.79 Å². The van der Waals surface area contributed by atoms with E-state index in [4.69, 9.17) is 5.11 Å². The summed E-state index contributed by atoms with van der Waals surface area (Å²) in [4.78, 5) is 19.0. The minimum atomic E-state index is -0.947. The van der Waals surface area contributed by atoms with Gasteiger partial charge in [-0.2, -0.15) is 0 Å². The molecular weight excluding hydrogens is 204 g/mol. The molecule has 0 aliphatic carbocycles. The normalized spacial score (nSPS) is 10.1. The number of carboxylic acid groups (broad SMARTS) is 1. The van der Waals surface area contributed by atoms with Gasteiger partial charge in [0.05, 0.1) is 11.3 Å². The standard InChI is InChI=1S/C12H10N2O2/c1-8-2-3-9(10(6-8)12(15)16)11-4-5-13-7-14-11/h2-7H,1H3,(H,15,16). The van der Waals surface area contributed by atoms with Gasteiger partial charge in [-0.3, -0.25) is 0 Å². The molecule has 16 heavy (non-hydrogen) atoms. The van der Waals surface area contributed by atoms with Crippen LogP contribution >= 0.6 is 0 Å². The molecule has 0 spiro atoms. The smallest absolute Gasteiger partial charge is 0.336 e. The number of aryl methyl sites for hydroxylation is 1. The summed E-state index contributed by atoms with van der Waals surface area (Å²) in [5.41, 5.74) is 2.40. The minimum absolute atomic E-state index is 0.263. The Balaban J connectivity index is 2.61. The lowest BCUT2D eigenvalue weighted by Gasteiger charge is -2.05. The number of benzene rings is 1. The fourth-order valence-electron chi connectivity index (χ4n) is 1.51. The van der Waals surface area contributed by atoms with Gasteiger partial charge in [0, 0.05) is 11.8 Å². The fourth-order valence-corrected chi connectivity index (χ4v) is 1.51. The van der Waals surface area contributed by atoms with Gasteiger partial charge in [0.1, 0.15) is 6.33 Å². The second kappa shape index (κ2) is 4.10. The van der Waals surface area contributed by atoms with Crippen molar-refractivity contribution in [3.05, 3.63) is 47.9 Å². The summed E-state index contributed by atoms with van der Waals surface area (Å²) < 4.78 is 0. The maximum atomic E-state index is 11.1.